The highest BCUT2D eigenvalue weighted by atomic mass is 79.9. The predicted molar refractivity (Wildman–Crippen MR) is 199 cm³/mol. The van der Waals surface area contributed by atoms with E-state index >= 15 is 0 Å². The summed E-state index contributed by atoms with van der Waals surface area (Å²) in [4.78, 5) is 17.5. The van der Waals surface area contributed by atoms with Crippen LogP contribution in [0, 0.1) is 22.7 Å². The van der Waals surface area contributed by atoms with Gasteiger partial charge in [0.1, 0.15) is 46.1 Å². The Morgan fingerprint density at radius 1 is 0.714 bits per heavy atom. The summed E-state index contributed by atoms with van der Waals surface area (Å²) < 4.78 is 77.3. The largest absolute Gasteiger partial charge is 0.435 e. The summed E-state index contributed by atoms with van der Waals surface area (Å²) in [6.45, 7) is -6.15. The summed E-state index contributed by atoms with van der Waals surface area (Å²) in [7, 11) is 0. The lowest BCUT2D eigenvalue weighted by atomic mass is 9.95. The Morgan fingerprint density at radius 2 is 1.12 bits per heavy atom. The van der Waals surface area contributed by atoms with Crippen molar-refractivity contribution in [3.05, 3.63) is 114 Å². The van der Waals surface area contributed by atoms with Crippen LogP contribution in [-0.4, -0.2) is 55.2 Å². The van der Waals surface area contributed by atoms with Gasteiger partial charge in [-0.05, 0) is 81.1 Å². The quantitative estimate of drug-likeness (QED) is 0.122. The van der Waals surface area contributed by atoms with Crippen LogP contribution in [0.15, 0.2) is 70.4 Å². The molecule has 0 bridgehead atoms. The molecule has 0 spiro atoms. The average Bonchev–Trinajstić information content (AvgIpc) is 3.91. The molecule has 0 amide bonds. The lowest BCUT2D eigenvalue weighted by Crippen LogP contribution is -2.09. The van der Waals surface area contributed by atoms with Gasteiger partial charge in [-0.1, -0.05) is 23.2 Å². The Kier molecular flexibility index (Phi) is 12.0. The van der Waals surface area contributed by atoms with Gasteiger partial charge in [0.25, 0.3) is 0 Å². The molecule has 2 aliphatic rings. The SMILES string of the molecule is N#CCO[C@@H]1C[C@H](c2cc(Cl)ccc2OC(F)F)c2c1nc1cnc(Br)cn21.N#CCO[C@H]1C[C@@H](c2cc(Cl)ccc2OC(F)F)c2c1nc1cnc(Br)cn21. The van der Waals surface area contributed by atoms with E-state index in [-0.39, 0.29) is 36.5 Å². The number of fused-ring (bicyclic) bond motifs is 6. The van der Waals surface area contributed by atoms with Gasteiger partial charge in [-0.3, -0.25) is 8.80 Å². The van der Waals surface area contributed by atoms with Crippen molar-refractivity contribution in [3.63, 3.8) is 0 Å². The Morgan fingerprint density at radius 3 is 1.50 bits per heavy atom. The molecule has 0 saturated carbocycles. The van der Waals surface area contributed by atoms with Gasteiger partial charge in [-0.25, -0.2) is 19.9 Å². The fourth-order valence-corrected chi connectivity index (χ4v) is 8.06. The highest BCUT2D eigenvalue weighted by molar-refractivity contribution is 9.10. The van der Waals surface area contributed by atoms with Crippen molar-refractivity contribution >= 4 is 66.4 Å². The molecular weight excluding hydrogens is 915 g/mol. The molecule has 2 aliphatic carbocycles. The summed E-state index contributed by atoms with van der Waals surface area (Å²) >= 11 is 19.0. The minimum atomic E-state index is -2.97. The first kappa shape index (κ1) is 39.7. The number of hydrogen-bond acceptors (Lipinski definition) is 10. The van der Waals surface area contributed by atoms with Gasteiger partial charge >= 0.3 is 13.2 Å². The summed E-state index contributed by atoms with van der Waals surface area (Å²) in [5, 5.41) is 18.6. The Hall–Kier alpha value is -4.56. The van der Waals surface area contributed by atoms with Gasteiger partial charge < -0.3 is 18.9 Å². The number of nitriles is 2. The van der Waals surface area contributed by atoms with Crippen molar-refractivity contribution in [2.75, 3.05) is 13.2 Å². The van der Waals surface area contributed by atoms with E-state index in [0.29, 0.717) is 65.9 Å². The van der Waals surface area contributed by atoms with Crippen molar-refractivity contribution in [1.82, 2.24) is 28.7 Å². The van der Waals surface area contributed by atoms with E-state index in [4.69, 9.17) is 52.7 Å². The maximum atomic E-state index is 12.9. The third kappa shape index (κ3) is 8.13. The highest BCUT2D eigenvalue weighted by Crippen LogP contribution is 2.50. The topological polar surface area (TPSA) is 145 Å². The molecule has 0 radical (unpaired) electrons. The Labute approximate surface area is 341 Å². The van der Waals surface area contributed by atoms with Crippen LogP contribution >= 0.6 is 55.1 Å². The number of rotatable bonds is 10. The molecule has 8 rings (SSSR count). The molecule has 12 nitrogen and oxygen atoms in total. The third-order valence-electron chi connectivity index (χ3n) is 9.08. The van der Waals surface area contributed by atoms with Gasteiger partial charge in [0.15, 0.2) is 11.3 Å². The van der Waals surface area contributed by atoms with Gasteiger partial charge in [0, 0.05) is 45.4 Å². The molecule has 4 heterocycles. The first-order valence-electron chi connectivity index (χ1n) is 16.5. The van der Waals surface area contributed by atoms with Crippen LogP contribution in [0.1, 0.15) is 70.8 Å². The molecule has 6 aromatic rings. The molecule has 288 valence electrons. The summed E-state index contributed by atoms with van der Waals surface area (Å²) in [5.41, 5.74) is 5.00. The number of halogens is 8. The molecule has 0 unspecified atom stereocenters. The van der Waals surface area contributed by atoms with E-state index < -0.39 is 25.4 Å². The van der Waals surface area contributed by atoms with E-state index in [0.717, 1.165) is 11.4 Å². The summed E-state index contributed by atoms with van der Waals surface area (Å²) in [5.74, 6) is -0.649. The number of alkyl halides is 4. The second-order valence-electron chi connectivity index (χ2n) is 12.3. The first-order chi connectivity index (χ1) is 26.9. The summed E-state index contributed by atoms with van der Waals surface area (Å²) in [6, 6.07) is 13.0. The van der Waals surface area contributed by atoms with E-state index in [1.807, 2.05) is 20.9 Å². The van der Waals surface area contributed by atoms with Crippen LogP contribution in [0.2, 0.25) is 10.0 Å². The van der Waals surface area contributed by atoms with Crippen molar-refractivity contribution in [2.24, 2.45) is 0 Å². The zero-order valence-electron chi connectivity index (χ0n) is 28.3. The minimum Gasteiger partial charge on any atom is -0.435 e. The molecule has 0 saturated heterocycles. The maximum absolute atomic E-state index is 12.9. The number of hydrogen-bond donors (Lipinski definition) is 0. The van der Waals surface area contributed by atoms with Gasteiger partial charge in [-0.2, -0.15) is 28.1 Å². The highest BCUT2D eigenvalue weighted by Gasteiger charge is 2.40. The van der Waals surface area contributed by atoms with Crippen molar-refractivity contribution in [2.45, 2.75) is 50.1 Å². The van der Waals surface area contributed by atoms with Crippen LogP contribution in [0.3, 0.4) is 0 Å². The molecule has 0 aliphatic heterocycles. The van der Waals surface area contributed by atoms with Crippen LogP contribution in [0.25, 0.3) is 11.3 Å². The number of ether oxygens (including phenoxy) is 4. The van der Waals surface area contributed by atoms with Crippen LogP contribution in [-0.2, 0) is 9.47 Å². The van der Waals surface area contributed by atoms with Crippen LogP contribution in [0.4, 0.5) is 17.6 Å². The maximum Gasteiger partial charge on any atom is 0.387 e. The molecule has 20 heteroatoms. The lowest BCUT2D eigenvalue weighted by Gasteiger charge is -2.18. The third-order valence-corrected chi connectivity index (χ3v) is 10.4. The zero-order chi connectivity index (χ0) is 39.7. The number of imidazole rings is 2. The average molecular weight is 939 g/mol. The monoisotopic (exact) mass is 936 g/mol. The van der Waals surface area contributed by atoms with Gasteiger partial charge in [0.2, 0.25) is 0 Å². The van der Waals surface area contributed by atoms with Crippen molar-refractivity contribution in [3.8, 4) is 23.6 Å². The molecule has 0 fully saturated rings. The van der Waals surface area contributed by atoms with E-state index in [1.165, 1.54) is 24.3 Å². The standard InChI is InChI=1S/2C18H12BrClF2N4O2/c2*19-14-8-26-15(7-24-14)25-16-13(27-4-3-23)6-11(17(16)26)10-5-9(20)1-2-12(10)28-18(21)22/h2*1-2,5,7-8,11,13,18H,4,6H2/t2*11-,13-/m10/s1. The zero-order valence-corrected chi connectivity index (χ0v) is 33.0. The number of aromatic nitrogens is 6. The smallest absolute Gasteiger partial charge is 0.387 e. The lowest BCUT2D eigenvalue weighted by molar-refractivity contribution is -0.0513. The van der Waals surface area contributed by atoms with E-state index in [9.17, 15) is 17.6 Å². The Bertz CT molecular complexity index is 2340. The molecule has 56 heavy (non-hydrogen) atoms. The second kappa shape index (κ2) is 16.9. The first-order valence-corrected chi connectivity index (χ1v) is 18.8. The fourth-order valence-electron chi connectivity index (χ4n) is 7.08. The second-order valence-corrected chi connectivity index (χ2v) is 14.8. The fraction of sp³-hybridized carbons (Fsp3) is 0.278. The van der Waals surface area contributed by atoms with Crippen LogP contribution < -0.4 is 9.47 Å². The van der Waals surface area contributed by atoms with Crippen LogP contribution in [0.5, 0.6) is 11.5 Å². The predicted octanol–water partition coefficient (Wildman–Crippen LogP) is 9.73. The molecule has 2 aromatic carbocycles. The normalized spacial score (nSPS) is 18.4. The number of benzene rings is 2. The van der Waals surface area contributed by atoms with Crippen molar-refractivity contribution < 1.29 is 36.5 Å². The molecule has 4 aromatic heterocycles. The van der Waals surface area contributed by atoms with Gasteiger partial charge in [0.05, 0.1) is 47.3 Å². The summed E-state index contributed by atoms with van der Waals surface area (Å²) in [6.07, 6.45) is 6.60. The van der Waals surface area contributed by atoms with Crippen molar-refractivity contribution in [1.29, 1.82) is 10.5 Å². The number of nitrogens with zero attached hydrogens (tertiary/aromatic N) is 8. The molecule has 4 atom stereocenters. The minimum absolute atomic E-state index is 0.0411. The molecular formula is C36H24Br2Cl2F4N8O4. The van der Waals surface area contributed by atoms with E-state index in [2.05, 4.69) is 51.8 Å². The Balaban J connectivity index is 0.000000172. The van der Waals surface area contributed by atoms with Gasteiger partial charge in [-0.15, -0.1) is 0 Å². The van der Waals surface area contributed by atoms with E-state index in [1.54, 1.807) is 36.9 Å². The molecule has 0 N–H and O–H groups in total.